The Labute approximate surface area is 196 Å². The number of halogens is 1. The van der Waals surface area contributed by atoms with Gasteiger partial charge in [0.25, 0.3) is 0 Å². The molecule has 4 rings (SSSR count). The number of para-hydroxylation sites is 1. The molecule has 1 saturated heterocycles. The van der Waals surface area contributed by atoms with Crippen molar-refractivity contribution in [3.63, 3.8) is 0 Å². The van der Waals surface area contributed by atoms with Crippen molar-refractivity contribution < 1.29 is 9.18 Å². The smallest absolute Gasteiger partial charge is 0.234 e. The summed E-state index contributed by atoms with van der Waals surface area (Å²) in [6.07, 6.45) is 3.54. The second kappa shape index (κ2) is 10.6. The van der Waals surface area contributed by atoms with E-state index in [0.29, 0.717) is 16.4 Å². The van der Waals surface area contributed by atoms with E-state index in [-0.39, 0.29) is 23.5 Å². The summed E-state index contributed by atoms with van der Waals surface area (Å²) in [5, 5.41) is 21.4. The highest BCUT2D eigenvalue weighted by Gasteiger charge is 2.26. The number of rotatable bonds is 7. The maximum absolute atomic E-state index is 13.6. The zero-order valence-corrected chi connectivity index (χ0v) is 19.2. The lowest BCUT2D eigenvalue weighted by Crippen LogP contribution is -2.33. The van der Waals surface area contributed by atoms with Crippen LogP contribution in [0.4, 0.5) is 10.1 Å². The summed E-state index contributed by atoms with van der Waals surface area (Å²) in [4.78, 5) is 15.0. The van der Waals surface area contributed by atoms with Crippen LogP contribution in [0.2, 0.25) is 0 Å². The van der Waals surface area contributed by atoms with Gasteiger partial charge in [0, 0.05) is 5.69 Å². The number of piperidine rings is 1. The summed E-state index contributed by atoms with van der Waals surface area (Å²) in [5.74, 6) is 0.294. The van der Waals surface area contributed by atoms with E-state index in [1.54, 1.807) is 36.4 Å². The first-order valence-electron chi connectivity index (χ1n) is 10.9. The number of nitrogens with zero attached hydrogens (tertiary/aromatic N) is 5. The monoisotopic (exact) mass is 464 g/mol. The fraction of sp³-hybridized carbons (Fsp3) is 0.333. The van der Waals surface area contributed by atoms with Crippen molar-refractivity contribution in [3.8, 4) is 11.8 Å². The summed E-state index contributed by atoms with van der Waals surface area (Å²) in [5.41, 5.74) is 1.63. The molecule has 2 heterocycles. The Balaban J connectivity index is 1.56. The fourth-order valence-electron chi connectivity index (χ4n) is 3.95. The number of anilines is 1. The minimum Gasteiger partial charge on any atom is -0.324 e. The van der Waals surface area contributed by atoms with Crippen molar-refractivity contribution in [1.82, 2.24) is 19.7 Å². The molecule has 0 spiro atoms. The second-order valence-corrected chi connectivity index (χ2v) is 8.86. The van der Waals surface area contributed by atoms with Crippen LogP contribution < -0.4 is 5.32 Å². The molecule has 3 aromatic rings. The number of aromatic nitrogens is 3. The molecule has 1 amide bonds. The average molecular weight is 465 g/mol. The minimum atomic E-state index is -0.317. The Morgan fingerprint density at radius 2 is 1.88 bits per heavy atom. The molecule has 9 heteroatoms. The molecule has 0 saturated carbocycles. The zero-order valence-electron chi connectivity index (χ0n) is 18.4. The quantitative estimate of drug-likeness (QED) is 0.516. The van der Waals surface area contributed by atoms with Gasteiger partial charge in [0.05, 0.1) is 23.0 Å². The lowest BCUT2D eigenvalue weighted by molar-refractivity contribution is -0.113. The van der Waals surface area contributed by atoms with Gasteiger partial charge in [-0.05, 0) is 69.3 Å². The fourth-order valence-corrected chi connectivity index (χ4v) is 4.71. The lowest BCUT2D eigenvalue weighted by Gasteiger charge is -2.31. The van der Waals surface area contributed by atoms with E-state index in [9.17, 15) is 14.4 Å². The number of nitrogens with one attached hydrogen (secondary N) is 1. The van der Waals surface area contributed by atoms with Gasteiger partial charge < -0.3 is 5.32 Å². The Hall–Kier alpha value is -3.22. The first-order valence-corrected chi connectivity index (χ1v) is 11.9. The molecule has 1 unspecified atom stereocenters. The van der Waals surface area contributed by atoms with E-state index in [0.717, 1.165) is 37.4 Å². The molecule has 2 aromatic carbocycles. The third-order valence-electron chi connectivity index (χ3n) is 5.71. The van der Waals surface area contributed by atoms with E-state index in [1.165, 1.54) is 30.3 Å². The van der Waals surface area contributed by atoms with Crippen LogP contribution in [0.15, 0.2) is 53.7 Å². The van der Waals surface area contributed by atoms with Gasteiger partial charge in [-0.2, -0.15) is 5.26 Å². The van der Waals surface area contributed by atoms with Crippen LogP contribution in [0.5, 0.6) is 0 Å². The standard InChI is InChI=1S/C24H25FN6OS/c1-17(30-13-5-2-6-14-30)23-28-29-24(31(23)20-11-9-19(25)10-12-20)33-16-22(32)27-21-8-4-3-7-18(21)15-26/h3-4,7-12,17H,2,5-6,13-14,16H2,1H3,(H,27,32). The lowest BCUT2D eigenvalue weighted by atomic mass is 10.1. The summed E-state index contributed by atoms with van der Waals surface area (Å²) >= 11 is 1.25. The van der Waals surface area contributed by atoms with E-state index in [2.05, 4.69) is 33.4 Å². The number of nitriles is 1. The van der Waals surface area contributed by atoms with Gasteiger partial charge in [0.2, 0.25) is 5.91 Å². The molecule has 0 bridgehead atoms. The van der Waals surface area contributed by atoms with Crippen LogP contribution in [0, 0.1) is 17.1 Å². The molecule has 1 atom stereocenters. The van der Waals surface area contributed by atoms with E-state index in [1.807, 2.05) is 4.57 Å². The van der Waals surface area contributed by atoms with Crippen LogP contribution in [0.25, 0.3) is 5.69 Å². The van der Waals surface area contributed by atoms with Crippen molar-refractivity contribution >= 4 is 23.4 Å². The summed E-state index contributed by atoms with van der Waals surface area (Å²) in [7, 11) is 0. The highest BCUT2D eigenvalue weighted by molar-refractivity contribution is 7.99. The SMILES string of the molecule is CC(c1nnc(SCC(=O)Nc2ccccc2C#N)n1-c1ccc(F)cc1)N1CCCCC1. The van der Waals surface area contributed by atoms with Gasteiger partial charge in [-0.3, -0.25) is 14.3 Å². The first kappa shape index (κ1) is 23.0. The Kier molecular flexibility index (Phi) is 7.37. The topological polar surface area (TPSA) is 86.8 Å². The molecule has 1 aliphatic rings. The maximum Gasteiger partial charge on any atom is 0.234 e. The summed E-state index contributed by atoms with van der Waals surface area (Å²) < 4.78 is 15.5. The predicted molar refractivity (Wildman–Crippen MR) is 126 cm³/mol. The molecule has 33 heavy (non-hydrogen) atoms. The number of hydrogen-bond acceptors (Lipinski definition) is 6. The van der Waals surface area contributed by atoms with Gasteiger partial charge in [0.15, 0.2) is 11.0 Å². The molecule has 1 fully saturated rings. The number of likely N-dealkylation sites (tertiary alicyclic amines) is 1. The average Bonchev–Trinajstić information content (AvgIpc) is 3.27. The van der Waals surface area contributed by atoms with Crippen molar-refractivity contribution in [3.05, 3.63) is 65.7 Å². The van der Waals surface area contributed by atoms with Crippen LogP contribution in [-0.2, 0) is 4.79 Å². The number of thioether (sulfide) groups is 1. The Morgan fingerprint density at radius 3 is 2.61 bits per heavy atom. The molecular weight excluding hydrogens is 439 g/mol. The zero-order chi connectivity index (χ0) is 23.2. The van der Waals surface area contributed by atoms with Gasteiger partial charge in [-0.1, -0.05) is 30.3 Å². The highest BCUT2D eigenvalue weighted by atomic mass is 32.2. The van der Waals surface area contributed by atoms with Crippen LogP contribution in [0.3, 0.4) is 0 Å². The molecular formula is C24H25FN6OS. The number of amides is 1. The molecule has 0 radical (unpaired) electrons. The van der Waals surface area contributed by atoms with E-state index < -0.39 is 0 Å². The Bertz CT molecular complexity index is 1150. The van der Waals surface area contributed by atoms with E-state index >= 15 is 0 Å². The third kappa shape index (κ3) is 5.41. The van der Waals surface area contributed by atoms with Gasteiger partial charge >= 0.3 is 0 Å². The predicted octanol–water partition coefficient (Wildman–Crippen LogP) is 4.56. The molecule has 1 aliphatic heterocycles. The summed E-state index contributed by atoms with van der Waals surface area (Å²) in [6, 6.07) is 15.2. The molecule has 7 nitrogen and oxygen atoms in total. The molecule has 170 valence electrons. The maximum atomic E-state index is 13.6. The van der Waals surface area contributed by atoms with Crippen LogP contribution in [0.1, 0.15) is 43.6 Å². The van der Waals surface area contributed by atoms with Gasteiger partial charge in [0.1, 0.15) is 11.9 Å². The molecule has 1 N–H and O–H groups in total. The van der Waals surface area contributed by atoms with Crippen molar-refractivity contribution in [2.45, 2.75) is 37.4 Å². The minimum absolute atomic E-state index is 0.0357. The van der Waals surface area contributed by atoms with Gasteiger partial charge in [-0.25, -0.2) is 4.39 Å². The number of hydrogen-bond donors (Lipinski definition) is 1. The van der Waals surface area contributed by atoms with E-state index in [4.69, 9.17) is 0 Å². The largest absolute Gasteiger partial charge is 0.324 e. The van der Waals surface area contributed by atoms with Crippen molar-refractivity contribution in [2.24, 2.45) is 0 Å². The van der Waals surface area contributed by atoms with Crippen LogP contribution in [-0.4, -0.2) is 44.4 Å². The normalized spacial score (nSPS) is 15.1. The van der Waals surface area contributed by atoms with Crippen molar-refractivity contribution in [2.75, 3.05) is 24.2 Å². The first-order chi connectivity index (χ1) is 16.1. The number of benzene rings is 2. The second-order valence-electron chi connectivity index (χ2n) is 7.92. The highest BCUT2D eigenvalue weighted by Crippen LogP contribution is 2.29. The number of carbonyl (C=O) groups is 1. The Morgan fingerprint density at radius 1 is 1.15 bits per heavy atom. The van der Waals surface area contributed by atoms with Gasteiger partial charge in [-0.15, -0.1) is 10.2 Å². The molecule has 1 aromatic heterocycles. The molecule has 0 aliphatic carbocycles. The van der Waals surface area contributed by atoms with Crippen LogP contribution >= 0.6 is 11.8 Å². The summed E-state index contributed by atoms with van der Waals surface area (Å²) in [6.45, 7) is 4.11. The third-order valence-corrected chi connectivity index (χ3v) is 6.64. The van der Waals surface area contributed by atoms with Crippen molar-refractivity contribution in [1.29, 1.82) is 5.26 Å². The number of carbonyl (C=O) groups excluding carboxylic acids is 1.